The highest BCUT2D eigenvalue weighted by Crippen LogP contribution is 2.30. The number of methoxy groups -OCH3 is 1. The smallest absolute Gasteiger partial charge is 0.229 e. The Morgan fingerprint density at radius 1 is 1.57 bits per heavy atom. The van der Waals surface area contributed by atoms with Crippen molar-refractivity contribution in [3.05, 3.63) is 17.5 Å². The number of carbonyl (C=O) groups is 1. The molecule has 0 spiro atoms. The largest absolute Gasteiger partial charge is 0.384 e. The van der Waals surface area contributed by atoms with Gasteiger partial charge in [-0.15, -0.1) is 0 Å². The predicted molar refractivity (Wildman–Crippen MR) is 80.9 cm³/mol. The number of nitrogens with one attached hydrogen (secondary N) is 2. The number of rotatable bonds is 5. The molecule has 6 nitrogen and oxygen atoms in total. The van der Waals surface area contributed by atoms with Crippen LogP contribution in [0.2, 0.25) is 0 Å². The average Bonchev–Trinajstić information content (AvgIpc) is 2.80. The molecule has 2 N–H and O–H groups in total. The van der Waals surface area contributed by atoms with Crippen LogP contribution in [-0.4, -0.2) is 42.5 Å². The summed E-state index contributed by atoms with van der Waals surface area (Å²) in [4.78, 5) is 12.8. The Labute approximate surface area is 126 Å². The van der Waals surface area contributed by atoms with Crippen molar-refractivity contribution in [3.63, 3.8) is 0 Å². The van der Waals surface area contributed by atoms with Crippen LogP contribution in [0.3, 0.4) is 0 Å². The van der Waals surface area contributed by atoms with E-state index in [1.54, 1.807) is 7.11 Å². The standard InChI is InChI=1S/C15H26N4O2/c1-11(13-9-17-19(3)12(13)2)18-14(20)15(10-21-4)5-7-16-8-6-15/h9,11,16H,5-8,10H2,1-4H3,(H,18,20). The van der Waals surface area contributed by atoms with E-state index in [0.29, 0.717) is 6.61 Å². The monoisotopic (exact) mass is 294 g/mol. The maximum Gasteiger partial charge on any atom is 0.229 e. The fourth-order valence-corrected chi connectivity index (χ4v) is 2.99. The second-order valence-electron chi connectivity index (χ2n) is 5.97. The average molecular weight is 294 g/mol. The first kappa shape index (κ1) is 16.0. The molecule has 6 heteroatoms. The van der Waals surface area contributed by atoms with Gasteiger partial charge in [0.1, 0.15) is 0 Å². The molecule has 0 bridgehead atoms. The lowest BCUT2D eigenvalue weighted by Crippen LogP contribution is -2.50. The van der Waals surface area contributed by atoms with E-state index in [-0.39, 0.29) is 11.9 Å². The minimum Gasteiger partial charge on any atom is -0.384 e. The van der Waals surface area contributed by atoms with Crippen molar-refractivity contribution in [2.45, 2.75) is 32.7 Å². The molecule has 1 aliphatic heterocycles. The summed E-state index contributed by atoms with van der Waals surface area (Å²) in [6.07, 6.45) is 3.45. The van der Waals surface area contributed by atoms with Crippen LogP contribution in [0, 0.1) is 12.3 Å². The summed E-state index contributed by atoms with van der Waals surface area (Å²) in [5, 5.41) is 10.7. The zero-order chi connectivity index (χ0) is 15.5. The molecule has 0 radical (unpaired) electrons. The van der Waals surface area contributed by atoms with Crippen LogP contribution in [0.25, 0.3) is 0 Å². The Hall–Kier alpha value is -1.40. The molecule has 1 aromatic heterocycles. The lowest BCUT2D eigenvalue weighted by molar-refractivity contribution is -0.136. The van der Waals surface area contributed by atoms with Gasteiger partial charge in [0.15, 0.2) is 0 Å². The first-order chi connectivity index (χ1) is 10.00. The van der Waals surface area contributed by atoms with Gasteiger partial charge in [0.05, 0.1) is 24.3 Å². The van der Waals surface area contributed by atoms with E-state index in [1.807, 2.05) is 31.8 Å². The third kappa shape index (κ3) is 3.27. The molecule has 1 aliphatic rings. The molecule has 1 fully saturated rings. The van der Waals surface area contributed by atoms with E-state index >= 15 is 0 Å². The summed E-state index contributed by atoms with van der Waals surface area (Å²) in [5.74, 6) is 0.0848. The second-order valence-corrected chi connectivity index (χ2v) is 5.97. The van der Waals surface area contributed by atoms with E-state index in [9.17, 15) is 4.79 Å². The maximum atomic E-state index is 12.8. The highest BCUT2D eigenvalue weighted by atomic mass is 16.5. The summed E-state index contributed by atoms with van der Waals surface area (Å²) in [5.41, 5.74) is 1.73. The highest BCUT2D eigenvalue weighted by Gasteiger charge is 2.40. The molecule has 1 saturated heterocycles. The summed E-state index contributed by atoms with van der Waals surface area (Å²) in [7, 11) is 3.57. The second kappa shape index (κ2) is 6.58. The molecule has 2 rings (SSSR count). The molecule has 0 aliphatic carbocycles. The van der Waals surface area contributed by atoms with Gasteiger partial charge in [0.2, 0.25) is 5.91 Å². The van der Waals surface area contributed by atoms with Crippen LogP contribution < -0.4 is 10.6 Å². The number of hydrogen-bond donors (Lipinski definition) is 2. The van der Waals surface area contributed by atoms with Crippen molar-refractivity contribution < 1.29 is 9.53 Å². The Bertz CT molecular complexity index is 486. The van der Waals surface area contributed by atoms with Gasteiger partial charge in [-0.3, -0.25) is 9.48 Å². The van der Waals surface area contributed by atoms with Crippen molar-refractivity contribution in [2.75, 3.05) is 26.8 Å². The van der Waals surface area contributed by atoms with Crippen molar-refractivity contribution >= 4 is 5.91 Å². The Balaban J connectivity index is 2.09. The zero-order valence-electron chi connectivity index (χ0n) is 13.4. The van der Waals surface area contributed by atoms with Crippen LogP contribution in [0.5, 0.6) is 0 Å². The lowest BCUT2D eigenvalue weighted by Gasteiger charge is -2.36. The minimum absolute atomic E-state index is 0.0465. The Morgan fingerprint density at radius 3 is 2.76 bits per heavy atom. The van der Waals surface area contributed by atoms with Gasteiger partial charge >= 0.3 is 0 Å². The molecule has 1 unspecified atom stereocenters. The zero-order valence-corrected chi connectivity index (χ0v) is 13.4. The SMILES string of the molecule is COCC1(C(=O)NC(C)c2cnn(C)c2C)CCNCC1. The van der Waals surface area contributed by atoms with Crippen LogP contribution in [0.15, 0.2) is 6.20 Å². The van der Waals surface area contributed by atoms with Crippen LogP contribution >= 0.6 is 0 Å². The predicted octanol–water partition coefficient (Wildman–Crippen LogP) is 0.922. The fraction of sp³-hybridized carbons (Fsp3) is 0.733. The van der Waals surface area contributed by atoms with Gasteiger partial charge in [-0.2, -0.15) is 5.10 Å². The highest BCUT2D eigenvalue weighted by molar-refractivity contribution is 5.83. The fourth-order valence-electron chi connectivity index (χ4n) is 2.99. The molecule has 1 amide bonds. The molecular formula is C15H26N4O2. The summed E-state index contributed by atoms with van der Waals surface area (Å²) >= 11 is 0. The topological polar surface area (TPSA) is 68.2 Å². The number of piperidine rings is 1. The van der Waals surface area contributed by atoms with Crippen molar-refractivity contribution in [1.29, 1.82) is 0 Å². The quantitative estimate of drug-likeness (QED) is 0.847. The van der Waals surface area contributed by atoms with Gasteiger partial charge in [0, 0.05) is 25.4 Å². The van der Waals surface area contributed by atoms with Crippen molar-refractivity contribution in [1.82, 2.24) is 20.4 Å². The number of hydrogen-bond acceptors (Lipinski definition) is 4. The number of carbonyl (C=O) groups excluding carboxylic acids is 1. The molecule has 2 heterocycles. The first-order valence-corrected chi connectivity index (χ1v) is 7.49. The third-order valence-corrected chi connectivity index (χ3v) is 4.55. The third-order valence-electron chi connectivity index (χ3n) is 4.55. The van der Waals surface area contributed by atoms with Gasteiger partial charge < -0.3 is 15.4 Å². The number of ether oxygens (including phenoxy) is 1. The van der Waals surface area contributed by atoms with Crippen LogP contribution in [0.1, 0.15) is 37.1 Å². The number of aromatic nitrogens is 2. The summed E-state index contributed by atoms with van der Waals surface area (Å²) in [6, 6.07) is -0.0465. The number of nitrogens with zero attached hydrogens (tertiary/aromatic N) is 2. The van der Waals surface area contributed by atoms with E-state index in [1.165, 1.54) is 0 Å². The number of aryl methyl sites for hydroxylation is 1. The van der Waals surface area contributed by atoms with Crippen LogP contribution in [0.4, 0.5) is 0 Å². The van der Waals surface area contributed by atoms with Gasteiger partial charge in [-0.25, -0.2) is 0 Å². The lowest BCUT2D eigenvalue weighted by atomic mass is 9.78. The van der Waals surface area contributed by atoms with Gasteiger partial charge in [0.25, 0.3) is 0 Å². The Morgan fingerprint density at radius 2 is 2.24 bits per heavy atom. The van der Waals surface area contributed by atoms with E-state index in [0.717, 1.165) is 37.2 Å². The minimum atomic E-state index is -0.412. The molecule has 0 saturated carbocycles. The first-order valence-electron chi connectivity index (χ1n) is 7.49. The normalized spacial score (nSPS) is 19.2. The molecule has 1 atom stereocenters. The molecule has 21 heavy (non-hydrogen) atoms. The summed E-state index contributed by atoms with van der Waals surface area (Å²) < 4.78 is 7.14. The molecule has 1 aromatic rings. The van der Waals surface area contributed by atoms with Crippen molar-refractivity contribution in [3.8, 4) is 0 Å². The van der Waals surface area contributed by atoms with E-state index in [2.05, 4.69) is 15.7 Å². The maximum absolute atomic E-state index is 12.8. The van der Waals surface area contributed by atoms with Gasteiger partial charge in [-0.05, 0) is 39.8 Å². The van der Waals surface area contributed by atoms with Crippen LogP contribution in [-0.2, 0) is 16.6 Å². The van der Waals surface area contributed by atoms with E-state index < -0.39 is 5.41 Å². The molecule has 0 aromatic carbocycles. The van der Waals surface area contributed by atoms with Gasteiger partial charge in [-0.1, -0.05) is 0 Å². The summed E-state index contributed by atoms with van der Waals surface area (Å²) in [6.45, 7) is 6.21. The Kier molecular flexibility index (Phi) is 5.00. The van der Waals surface area contributed by atoms with E-state index in [4.69, 9.17) is 4.74 Å². The number of amides is 1. The molecule has 118 valence electrons. The molecular weight excluding hydrogens is 268 g/mol. The van der Waals surface area contributed by atoms with Crippen molar-refractivity contribution in [2.24, 2.45) is 12.5 Å².